The Kier molecular flexibility index (Phi) is 7.04. The molecular weight excluding hydrogens is 354 g/mol. The summed E-state index contributed by atoms with van der Waals surface area (Å²) in [6.07, 6.45) is 1.49. The summed E-state index contributed by atoms with van der Waals surface area (Å²) < 4.78 is 15.6. The molecule has 1 aromatic carbocycles. The summed E-state index contributed by atoms with van der Waals surface area (Å²) in [4.78, 5) is 35.8. The number of aromatic nitrogens is 3. The van der Waals surface area contributed by atoms with Crippen LogP contribution in [0.25, 0.3) is 0 Å². The molecule has 0 fully saturated rings. The van der Waals surface area contributed by atoms with Gasteiger partial charge in [-0.15, -0.1) is 5.10 Å². The number of rotatable bonds is 9. The van der Waals surface area contributed by atoms with Crippen LogP contribution in [0.3, 0.4) is 0 Å². The first-order valence-electron chi connectivity index (χ1n) is 8.29. The fourth-order valence-corrected chi connectivity index (χ4v) is 2.47. The van der Waals surface area contributed by atoms with Gasteiger partial charge in [-0.25, -0.2) is 14.3 Å². The van der Waals surface area contributed by atoms with Crippen molar-refractivity contribution in [3.05, 3.63) is 41.2 Å². The average Bonchev–Trinajstić information content (AvgIpc) is 3.13. The quantitative estimate of drug-likeness (QED) is 0.371. The van der Waals surface area contributed by atoms with Gasteiger partial charge in [0.2, 0.25) is 5.69 Å². The van der Waals surface area contributed by atoms with Gasteiger partial charge in [-0.05, 0) is 37.1 Å². The molecule has 0 bridgehead atoms. The normalized spacial score (nSPS) is 10.3. The molecule has 2 rings (SSSR count). The zero-order chi connectivity index (χ0) is 19.8. The molecule has 1 aromatic heterocycles. The van der Waals surface area contributed by atoms with Crippen molar-refractivity contribution in [1.29, 1.82) is 0 Å². The van der Waals surface area contributed by atoms with E-state index in [-0.39, 0.29) is 17.2 Å². The van der Waals surface area contributed by atoms with Crippen LogP contribution in [0.4, 0.5) is 0 Å². The Morgan fingerprint density at radius 1 is 0.963 bits per heavy atom. The maximum Gasteiger partial charge on any atom is 0.361 e. The maximum absolute atomic E-state index is 12.2. The van der Waals surface area contributed by atoms with Crippen molar-refractivity contribution in [1.82, 2.24) is 15.0 Å². The van der Waals surface area contributed by atoms with E-state index in [1.165, 1.54) is 18.9 Å². The van der Waals surface area contributed by atoms with E-state index in [1.54, 1.807) is 31.4 Å². The van der Waals surface area contributed by atoms with Crippen LogP contribution in [0.1, 0.15) is 50.6 Å². The van der Waals surface area contributed by atoms with E-state index < -0.39 is 11.9 Å². The number of methoxy groups -OCH3 is 3. The summed E-state index contributed by atoms with van der Waals surface area (Å²) in [5.41, 5.74) is 0.351. The second-order valence-corrected chi connectivity index (χ2v) is 5.60. The lowest BCUT2D eigenvalue weighted by Crippen LogP contribution is -2.16. The van der Waals surface area contributed by atoms with Crippen molar-refractivity contribution in [3.8, 4) is 5.75 Å². The van der Waals surface area contributed by atoms with Gasteiger partial charge >= 0.3 is 11.9 Å². The Morgan fingerprint density at radius 3 is 2.22 bits per heavy atom. The molecule has 144 valence electrons. The van der Waals surface area contributed by atoms with Crippen molar-refractivity contribution < 1.29 is 28.6 Å². The largest absolute Gasteiger partial charge is 0.497 e. The minimum atomic E-state index is -0.767. The molecule has 0 unspecified atom stereocenters. The Labute approximate surface area is 156 Å². The Bertz CT molecular complexity index is 813. The van der Waals surface area contributed by atoms with Crippen LogP contribution in [0.15, 0.2) is 24.3 Å². The van der Waals surface area contributed by atoms with Gasteiger partial charge in [0.1, 0.15) is 5.75 Å². The third kappa shape index (κ3) is 4.90. The lowest BCUT2D eigenvalue weighted by molar-refractivity contribution is 0.0543. The van der Waals surface area contributed by atoms with Crippen LogP contribution in [-0.2, 0) is 16.0 Å². The number of aryl methyl sites for hydroxylation is 1. The van der Waals surface area contributed by atoms with Crippen molar-refractivity contribution in [3.63, 3.8) is 0 Å². The number of nitrogens with zero attached hydrogens (tertiary/aromatic N) is 3. The summed E-state index contributed by atoms with van der Waals surface area (Å²) >= 11 is 0. The number of unbranched alkanes of at least 4 members (excludes halogenated alkanes) is 1. The minimum Gasteiger partial charge on any atom is -0.497 e. The summed E-state index contributed by atoms with van der Waals surface area (Å²) in [7, 11) is 3.95. The van der Waals surface area contributed by atoms with E-state index in [4.69, 9.17) is 4.74 Å². The molecule has 27 heavy (non-hydrogen) atoms. The van der Waals surface area contributed by atoms with Crippen LogP contribution < -0.4 is 4.74 Å². The first kappa shape index (κ1) is 20.1. The molecule has 1 heterocycles. The van der Waals surface area contributed by atoms with Gasteiger partial charge in [-0.3, -0.25) is 4.79 Å². The monoisotopic (exact) mass is 375 g/mol. The molecule has 0 aliphatic rings. The predicted molar refractivity (Wildman–Crippen MR) is 93.9 cm³/mol. The van der Waals surface area contributed by atoms with Gasteiger partial charge in [0.05, 0.1) is 21.3 Å². The van der Waals surface area contributed by atoms with Gasteiger partial charge in [0, 0.05) is 18.5 Å². The Hall–Kier alpha value is -3.23. The Balaban J connectivity index is 1.94. The maximum atomic E-state index is 12.2. The minimum absolute atomic E-state index is 0.0136. The fraction of sp³-hybridized carbons (Fsp3) is 0.389. The van der Waals surface area contributed by atoms with E-state index in [0.717, 1.165) is 0 Å². The number of carbonyl (C=O) groups excluding carboxylic acids is 3. The molecular formula is C18H21N3O6. The molecule has 9 nitrogen and oxygen atoms in total. The van der Waals surface area contributed by atoms with Crippen molar-refractivity contribution in [2.75, 3.05) is 21.3 Å². The fourth-order valence-electron chi connectivity index (χ4n) is 2.47. The molecule has 0 aliphatic carbocycles. The molecule has 0 N–H and O–H groups in total. The third-order valence-corrected chi connectivity index (χ3v) is 3.93. The second kappa shape index (κ2) is 9.46. The number of carbonyl (C=O) groups is 3. The summed E-state index contributed by atoms with van der Waals surface area (Å²) in [6.45, 7) is 0.310. The van der Waals surface area contributed by atoms with Crippen molar-refractivity contribution >= 4 is 17.7 Å². The highest BCUT2D eigenvalue weighted by Crippen LogP contribution is 2.15. The van der Waals surface area contributed by atoms with Gasteiger partial charge in [-0.1, -0.05) is 5.21 Å². The van der Waals surface area contributed by atoms with Gasteiger partial charge < -0.3 is 14.2 Å². The van der Waals surface area contributed by atoms with E-state index in [2.05, 4.69) is 19.8 Å². The second-order valence-electron chi connectivity index (χ2n) is 5.60. The first-order valence-corrected chi connectivity index (χ1v) is 8.29. The van der Waals surface area contributed by atoms with Gasteiger partial charge in [0.15, 0.2) is 11.5 Å². The summed E-state index contributed by atoms with van der Waals surface area (Å²) in [5, 5.41) is 7.51. The smallest absolute Gasteiger partial charge is 0.361 e. The number of ketones is 1. The number of benzene rings is 1. The van der Waals surface area contributed by atoms with E-state index >= 15 is 0 Å². The van der Waals surface area contributed by atoms with Crippen molar-refractivity contribution in [2.24, 2.45) is 0 Å². The molecule has 0 amide bonds. The van der Waals surface area contributed by atoms with Crippen LogP contribution in [0.5, 0.6) is 5.75 Å². The van der Waals surface area contributed by atoms with Gasteiger partial charge in [0.25, 0.3) is 0 Å². The number of esters is 2. The molecule has 0 radical (unpaired) electrons. The highest BCUT2D eigenvalue weighted by atomic mass is 16.5. The first-order chi connectivity index (χ1) is 13.0. The number of Topliss-reactive ketones (excluding diaryl/α,β-unsaturated/α-hetero) is 1. The van der Waals surface area contributed by atoms with E-state index in [0.29, 0.717) is 37.1 Å². The highest BCUT2D eigenvalue weighted by molar-refractivity contribution is 6.00. The Morgan fingerprint density at radius 2 is 1.63 bits per heavy atom. The zero-order valence-electron chi connectivity index (χ0n) is 15.4. The highest BCUT2D eigenvalue weighted by Gasteiger charge is 2.26. The van der Waals surface area contributed by atoms with Crippen molar-refractivity contribution in [2.45, 2.75) is 25.8 Å². The van der Waals surface area contributed by atoms with E-state index in [1.807, 2.05) is 0 Å². The van der Waals surface area contributed by atoms with Crippen LogP contribution in [0, 0.1) is 0 Å². The topological polar surface area (TPSA) is 110 Å². The van der Waals surface area contributed by atoms with Gasteiger partial charge in [-0.2, -0.15) is 0 Å². The van der Waals surface area contributed by atoms with Crippen LogP contribution in [-0.4, -0.2) is 54.0 Å². The molecule has 2 aromatic rings. The lowest BCUT2D eigenvalue weighted by atomic mass is 10.1. The zero-order valence-corrected chi connectivity index (χ0v) is 15.4. The van der Waals surface area contributed by atoms with Crippen LogP contribution in [0.2, 0.25) is 0 Å². The van der Waals surface area contributed by atoms with Crippen LogP contribution >= 0.6 is 0 Å². The standard InChI is InChI=1S/C18H21N3O6/c1-25-13-9-7-12(8-10-13)14(22)6-4-5-11-21-16(18(24)27-3)15(19-20-21)17(23)26-2/h7-10H,4-6,11H2,1-3H3. The average molecular weight is 375 g/mol. The summed E-state index contributed by atoms with van der Waals surface area (Å²) in [6, 6.07) is 6.91. The predicted octanol–water partition coefficient (Wildman–Crippen LogP) is 1.91. The molecule has 0 saturated carbocycles. The SMILES string of the molecule is COC(=O)c1nnn(CCCCC(=O)c2ccc(OC)cc2)c1C(=O)OC. The molecule has 0 aliphatic heterocycles. The molecule has 9 heteroatoms. The molecule has 0 atom stereocenters. The van der Waals surface area contributed by atoms with E-state index in [9.17, 15) is 14.4 Å². The summed E-state index contributed by atoms with van der Waals surface area (Å²) in [5.74, 6) is -0.791. The lowest BCUT2D eigenvalue weighted by Gasteiger charge is -2.06. The third-order valence-electron chi connectivity index (χ3n) is 3.93. The number of hydrogen-bond donors (Lipinski definition) is 0. The molecule has 0 saturated heterocycles. The molecule has 0 spiro atoms. The number of hydrogen-bond acceptors (Lipinski definition) is 8. The number of ether oxygens (including phenoxy) is 3.